The van der Waals surface area contributed by atoms with Gasteiger partial charge in [0, 0.05) is 16.6 Å². The van der Waals surface area contributed by atoms with Gasteiger partial charge in [-0.2, -0.15) is 16.1 Å². The van der Waals surface area contributed by atoms with Gasteiger partial charge in [0.2, 0.25) is 5.82 Å². The van der Waals surface area contributed by atoms with Crippen molar-refractivity contribution >= 4 is 28.9 Å². The van der Waals surface area contributed by atoms with E-state index in [2.05, 4.69) is 20.7 Å². The molecule has 1 amide bonds. The van der Waals surface area contributed by atoms with Gasteiger partial charge in [-0.15, -0.1) is 10.2 Å². The molecule has 0 radical (unpaired) electrons. The molecular formula is C18H19N5O3S. The molecule has 0 unspecified atom stereocenters. The minimum Gasteiger partial charge on any atom is -0.454 e. The number of amides is 1. The standard InChI is InChI=1S/C18H19N5O3S/c1-11-6-12(2)17(13(3)7-11)19-15(24)9-26-16(25)8-23-21-18(20-22-23)14-4-5-27-10-14/h4-7,10H,8-9H2,1-3H3,(H,19,24). The normalized spacial score (nSPS) is 10.6. The molecule has 1 aromatic carbocycles. The van der Waals surface area contributed by atoms with Crippen LogP contribution in [-0.2, 0) is 20.9 Å². The first-order valence-electron chi connectivity index (χ1n) is 8.26. The van der Waals surface area contributed by atoms with Gasteiger partial charge in [0.05, 0.1) is 0 Å². The maximum atomic E-state index is 12.1. The number of nitrogens with zero attached hydrogens (tertiary/aromatic N) is 4. The number of hydrogen-bond donors (Lipinski definition) is 1. The predicted octanol–water partition coefficient (Wildman–Crippen LogP) is 2.51. The summed E-state index contributed by atoms with van der Waals surface area (Å²) in [5.41, 5.74) is 4.61. The fourth-order valence-corrected chi connectivity index (χ4v) is 3.31. The van der Waals surface area contributed by atoms with Crippen molar-refractivity contribution in [3.8, 4) is 11.4 Å². The molecule has 9 heteroatoms. The molecule has 0 aliphatic carbocycles. The number of carbonyl (C=O) groups excluding carboxylic acids is 2. The number of esters is 1. The van der Waals surface area contributed by atoms with Crippen molar-refractivity contribution in [2.24, 2.45) is 0 Å². The van der Waals surface area contributed by atoms with E-state index in [0.29, 0.717) is 5.82 Å². The number of nitrogens with one attached hydrogen (secondary N) is 1. The molecule has 0 saturated heterocycles. The smallest absolute Gasteiger partial charge is 0.330 e. The Morgan fingerprint density at radius 3 is 2.63 bits per heavy atom. The van der Waals surface area contributed by atoms with Gasteiger partial charge in [0.1, 0.15) is 0 Å². The highest BCUT2D eigenvalue weighted by Gasteiger charge is 2.13. The minimum absolute atomic E-state index is 0.215. The predicted molar refractivity (Wildman–Crippen MR) is 101 cm³/mol. The van der Waals surface area contributed by atoms with Crippen LogP contribution in [0.15, 0.2) is 29.0 Å². The second-order valence-corrected chi connectivity index (χ2v) is 6.92. The number of carbonyl (C=O) groups is 2. The van der Waals surface area contributed by atoms with Crippen LogP contribution in [0.5, 0.6) is 0 Å². The Balaban J connectivity index is 1.51. The van der Waals surface area contributed by atoms with Crippen molar-refractivity contribution in [2.75, 3.05) is 11.9 Å². The first-order chi connectivity index (χ1) is 12.9. The molecule has 1 N–H and O–H groups in total. The van der Waals surface area contributed by atoms with Gasteiger partial charge in [-0.05, 0) is 48.6 Å². The molecule has 0 aliphatic rings. The van der Waals surface area contributed by atoms with Crippen molar-refractivity contribution in [1.29, 1.82) is 0 Å². The number of hydrogen-bond acceptors (Lipinski definition) is 7. The van der Waals surface area contributed by atoms with Crippen molar-refractivity contribution in [2.45, 2.75) is 27.3 Å². The van der Waals surface area contributed by atoms with E-state index in [1.54, 1.807) is 0 Å². The van der Waals surface area contributed by atoms with Crippen LogP contribution >= 0.6 is 11.3 Å². The summed E-state index contributed by atoms with van der Waals surface area (Å²) in [7, 11) is 0. The molecule has 0 aliphatic heterocycles. The number of thiophene rings is 1. The molecule has 3 rings (SSSR count). The van der Waals surface area contributed by atoms with E-state index < -0.39 is 11.9 Å². The second kappa shape index (κ2) is 8.09. The zero-order chi connectivity index (χ0) is 19.4. The highest BCUT2D eigenvalue weighted by atomic mass is 32.1. The molecule has 2 heterocycles. The van der Waals surface area contributed by atoms with Crippen LogP contribution in [0.3, 0.4) is 0 Å². The second-order valence-electron chi connectivity index (χ2n) is 6.14. The number of anilines is 1. The van der Waals surface area contributed by atoms with Crippen LogP contribution in [0.4, 0.5) is 5.69 Å². The molecule has 3 aromatic rings. The summed E-state index contributed by atoms with van der Waals surface area (Å²) < 4.78 is 5.01. The fraction of sp³-hybridized carbons (Fsp3) is 0.278. The third-order valence-electron chi connectivity index (χ3n) is 3.81. The van der Waals surface area contributed by atoms with Crippen LogP contribution in [0.1, 0.15) is 16.7 Å². The summed E-state index contributed by atoms with van der Waals surface area (Å²) in [6.07, 6.45) is 0. The third-order valence-corrected chi connectivity index (χ3v) is 4.49. The number of tetrazole rings is 1. The van der Waals surface area contributed by atoms with E-state index in [4.69, 9.17) is 4.74 Å². The lowest BCUT2D eigenvalue weighted by atomic mass is 10.1. The summed E-state index contributed by atoms with van der Waals surface area (Å²) >= 11 is 1.52. The number of rotatable bonds is 6. The van der Waals surface area contributed by atoms with E-state index in [1.807, 2.05) is 49.7 Å². The Bertz CT molecular complexity index is 942. The van der Waals surface area contributed by atoms with Crippen molar-refractivity contribution in [3.05, 3.63) is 45.6 Å². The quantitative estimate of drug-likeness (QED) is 0.655. The fourth-order valence-electron chi connectivity index (χ4n) is 2.68. The van der Waals surface area contributed by atoms with E-state index >= 15 is 0 Å². The highest BCUT2D eigenvalue weighted by molar-refractivity contribution is 7.08. The maximum absolute atomic E-state index is 12.1. The van der Waals surface area contributed by atoms with Crippen LogP contribution < -0.4 is 5.32 Å². The zero-order valence-corrected chi connectivity index (χ0v) is 16.0. The molecule has 0 bridgehead atoms. The van der Waals surface area contributed by atoms with Crippen molar-refractivity contribution in [3.63, 3.8) is 0 Å². The van der Waals surface area contributed by atoms with Crippen molar-refractivity contribution < 1.29 is 14.3 Å². The Labute approximate surface area is 160 Å². The molecule has 2 aromatic heterocycles. The molecule has 0 fully saturated rings. The molecule has 27 heavy (non-hydrogen) atoms. The molecule has 8 nitrogen and oxygen atoms in total. The van der Waals surface area contributed by atoms with Gasteiger partial charge in [-0.25, -0.2) is 4.79 Å². The Morgan fingerprint density at radius 2 is 1.96 bits per heavy atom. The lowest BCUT2D eigenvalue weighted by Crippen LogP contribution is -2.24. The lowest BCUT2D eigenvalue weighted by molar-refractivity contribution is -0.148. The van der Waals surface area contributed by atoms with E-state index in [0.717, 1.165) is 32.7 Å². The van der Waals surface area contributed by atoms with Crippen LogP contribution in [0, 0.1) is 20.8 Å². The van der Waals surface area contributed by atoms with E-state index in [1.165, 1.54) is 11.3 Å². The summed E-state index contributed by atoms with van der Waals surface area (Å²) in [6.45, 7) is 5.24. The first kappa shape index (κ1) is 18.7. The van der Waals surface area contributed by atoms with Gasteiger partial charge in [-0.3, -0.25) is 4.79 Å². The summed E-state index contributed by atoms with van der Waals surface area (Å²) in [5, 5.41) is 18.4. The number of aryl methyl sites for hydroxylation is 3. The van der Waals surface area contributed by atoms with Gasteiger partial charge in [-0.1, -0.05) is 17.7 Å². The monoisotopic (exact) mass is 385 g/mol. The van der Waals surface area contributed by atoms with Gasteiger partial charge < -0.3 is 10.1 Å². The first-order valence-corrected chi connectivity index (χ1v) is 9.20. The van der Waals surface area contributed by atoms with Gasteiger partial charge >= 0.3 is 5.97 Å². The Morgan fingerprint density at radius 1 is 1.22 bits per heavy atom. The highest BCUT2D eigenvalue weighted by Crippen LogP contribution is 2.21. The maximum Gasteiger partial charge on any atom is 0.330 e. The third kappa shape index (κ3) is 4.76. The molecule has 0 spiro atoms. The van der Waals surface area contributed by atoms with Gasteiger partial charge in [0.25, 0.3) is 5.91 Å². The van der Waals surface area contributed by atoms with Crippen molar-refractivity contribution in [1.82, 2.24) is 20.2 Å². The number of ether oxygens (including phenoxy) is 1. The largest absolute Gasteiger partial charge is 0.454 e. The van der Waals surface area contributed by atoms with Crippen LogP contribution in [0.2, 0.25) is 0 Å². The molecule has 140 valence electrons. The summed E-state index contributed by atoms with van der Waals surface area (Å²) in [5.74, 6) is -0.576. The minimum atomic E-state index is -0.614. The topological polar surface area (TPSA) is 99.0 Å². The summed E-state index contributed by atoms with van der Waals surface area (Å²) in [6, 6.07) is 5.83. The average molecular weight is 385 g/mol. The molecule has 0 atom stereocenters. The molecule has 0 saturated carbocycles. The zero-order valence-electron chi connectivity index (χ0n) is 15.2. The number of benzene rings is 1. The lowest BCUT2D eigenvalue weighted by Gasteiger charge is -2.12. The average Bonchev–Trinajstić information content (AvgIpc) is 3.27. The van der Waals surface area contributed by atoms with Gasteiger partial charge in [0.15, 0.2) is 13.2 Å². The van der Waals surface area contributed by atoms with Crippen LogP contribution in [-0.4, -0.2) is 38.7 Å². The SMILES string of the molecule is Cc1cc(C)c(NC(=O)COC(=O)Cn2nnc(-c3ccsc3)n2)c(C)c1. The number of aromatic nitrogens is 4. The van der Waals surface area contributed by atoms with E-state index in [9.17, 15) is 9.59 Å². The summed E-state index contributed by atoms with van der Waals surface area (Å²) in [4.78, 5) is 25.1. The Kier molecular flexibility index (Phi) is 5.60. The van der Waals surface area contributed by atoms with E-state index in [-0.39, 0.29) is 13.2 Å². The Hall–Kier alpha value is -3.07. The molecular weight excluding hydrogens is 366 g/mol. The van der Waals surface area contributed by atoms with Crippen LogP contribution in [0.25, 0.3) is 11.4 Å².